The van der Waals surface area contributed by atoms with Crippen LogP contribution in [0.3, 0.4) is 0 Å². The highest BCUT2D eigenvalue weighted by Gasteiger charge is 2.25. The van der Waals surface area contributed by atoms with Gasteiger partial charge in [-0.05, 0) is 41.6 Å². The van der Waals surface area contributed by atoms with Crippen LogP contribution in [0.5, 0.6) is 0 Å². The number of carbonyl (C=O) groups is 2. The molecule has 1 saturated heterocycles. The molecule has 1 aliphatic rings. The zero-order valence-electron chi connectivity index (χ0n) is 13.6. The van der Waals surface area contributed by atoms with Gasteiger partial charge in [0.25, 0.3) is 11.1 Å². The summed E-state index contributed by atoms with van der Waals surface area (Å²) >= 11 is 0.916. The predicted octanol–water partition coefficient (Wildman–Crippen LogP) is 3.89. The van der Waals surface area contributed by atoms with E-state index in [9.17, 15) is 9.59 Å². The maximum absolute atomic E-state index is 11.8. The van der Waals surface area contributed by atoms with Crippen LogP contribution in [0.4, 0.5) is 4.79 Å². The van der Waals surface area contributed by atoms with Crippen LogP contribution in [0.2, 0.25) is 0 Å². The van der Waals surface area contributed by atoms with Crippen LogP contribution in [-0.4, -0.2) is 15.7 Å². The molecular weight excluding hydrogens is 346 g/mol. The minimum Gasteiger partial charge on any atom is -0.342 e. The van der Waals surface area contributed by atoms with Gasteiger partial charge in [0.15, 0.2) is 0 Å². The van der Waals surface area contributed by atoms with Crippen molar-refractivity contribution in [3.8, 4) is 6.07 Å². The first kappa shape index (κ1) is 16.2. The average Bonchev–Trinajstić information content (AvgIpc) is 3.16. The Balaban J connectivity index is 1.74. The number of thioether (sulfide) groups is 1. The standard InChI is InChI=1S/C20H13N3O2S/c21-10-13-5-7-14(8-6-13)11-23-12-15(16-3-1-2-4-17(16)23)9-18-19(24)22-20(25)26-18/h1-9,12H,11H2,(H,22,24,25)/b18-9-. The van der Waals surface area contributed by atoms with Gasteiger partial charge in [0.2, 0.25) is 0 Å². The molecule has 0 atom stereocenters. The number of aromatic nitrogens is 1. The van der Waals surface area contributed by atoms with Gasteiger partial charge in [-0.1, -0.05) is 30.3 Å². The number of fused-ring (bicyclic) bond motifs is 1. The zero-order valence-corrected chi connectivity index (χ0v) is 14.4. The van der Waals surface area contributed by atoms with E-state index in [2.05, 4.69) is 16.0 Å². The third-order valence-corrected chi connectivity index (χ3v) is 4.99. The Hall–Kier alpha value is -3.30. The number of benzene rings is 2. The largest absolute Gasteiger partial charge is 0.342 e. The van der Waals surface area contributed by atoms with Gasteiger partial charge in [0.05, 0.1) is 16.5 Å². The monoisotopic (exact) mass is 359 g/mol. The van der Waals surface area contributed by atoms with Crippen molar-refractivity contribution in [3.63, 3.8) is 0 Å². The summed E-state index contributed by atoms with van der Waals surface area (Å²) in [4.78, 5) is 23.6. The minimum absolute atomic E-state index is 0.345. The molecule has 3 aromatic rings. The first-order valence-corrected chi connectivity index (χ1v) is 8.77. The van der Waals surface area contributed by atoms with Crippen molar-refractivity contribution in [3.05, 3.63) is 76.3 Å². The number of hydrogen-bond donors (Lipinski definition) is 1. The fourth-order valence-electron chi connectivity index (χ4n) is 2.96. The second-order valence-electron chi connectivity index (χ2n) is 5.89. The van der Waals surface area contributed by atoms with E-state index in [4.69, 9.17) is 5.26 Å². The van der Waals surface area contributed by atoms with Gasteiger partial charge >= 0.3 is 0 Å². The summed E-state index contributed by atoms with van der Waals surface area (Å²) < 4.78 is 2.10. The number of imide groups is 1. The molecule has 0 bridgehead atoms. The predicted molar refractivity (Wildman–Crippen MR) is 101 cm³/mol. The molecule has 1 fully saturated rings. The lowest BCUT2D eigenvalue weighted by atomic mass is 10.1. The molecule has 0 aliphatic carbocycles. The summed E-state index contributed by atoms with van der Waals surface area (Å²) in [6, 6.07) is 17.5. The first-order chi connectivity index (χ1) is 12.6. The summed E-state index contributed by atoms with van der Waals surface area (Å²) in [7, 11) is 0. The molecule has 26 heavy (non-hydrogen) atoms. The summed E-state index contributed by atoms with van der Waals surface area (Å²) in [6.07, 6.45) is 3.73. The number of carbonyl (C=O) groups excluding carboxylic acids is 2. The number of rotatable bonds is 3. The van der Waals surface area contributed by atoms with E-state index in [1.54, 1.807) is 18.2 Å². The highest BCUT2D eigenvalue weighted by Crippen LogP contribution is 2.30. The second kappa shape index (κ2) is 6.54. The molecule has 2 amide bonds. The van der Waals surface area contributed by atoms with E-state index in [0.29, 0.717) is 17.0 Å². The van der Waals surface area contributed by atoms with Gasteiger partial charge in [0.1, 0.15) is 0 Å². The van der Waals surface area contributed by atoms with E-state index in [1.165, 1.54) is 0 Å². The first-order valence-electron chi connectivity index (χ1n) is 7.96. The molecule has 1 aliphatic heterocycles. The number of para-hydroxylation sites is 1. The second-order valence-corrected chi connectivity index (χ2v) is 6.91. The summed E-state index contributed by atoms with van der Waals surface area (Å²) in [6.45, 7) is 0.646. The van der Waals surface area contributed by atoms with Gasteiger partial charge in [0, 0.05) is 29.2 Å². The van der Waals surface area contributed by atoms with Gasteiger partial charge in [-0.15, -0.1) is 0 Å². The van der Waals surface area contributed by atoms with E-state index in [1.807, 2.05) is 42.6 Å². The van der Waals surface area contributed by atoms with Crippen LogP contribution in [0.25, 0.3) is 17.0 Å². The highest BCUT2D eigenvalue weighted by atomic mass is 32.2. The van der Waals surface area contributed by atoms with Crippen LogP contribution in [-0.2, 0) is 11.3 Å². The average molecular weight is 359 g/mol. The molecule has 2 heterocycles. The normalized spacial score (nSPS) is 15.4. The van der Waals surface area contributed by atoms with E-state index >= 15 is 0 Å². The molecule has 126 valence electrons. The number of hydrogen-bond acceptors (Lipinski definition) is 4. The van der Waals surface area contributed by atoms with Crippen LogP contribution in [0.15, 0.2) is 59.6 Å². The number of nitrogens with zero attached hydrogens (tertiary/aromatic N) is 2. The molecule has 0 spiro atoms. The molecule has 0 radical (unpaired) electrons. The Morgan fingerprint density at radius 1 is 1.12 bits per heavy atom. The Morgan fingerprint density at radius 3 is 2.58 bits per heavy atom. The van der Waals surface area contributed by atoms with E-state index in [-0.39, 0.29) is 11.1 Å². The molecule has 1 aromatic heterocycles. The molecular formula is C20H13N3O2S. The topological polar surface area (TPSA) is 74.9 Å². The van der Waals surface area contributed by atoms with Gasteiger partial charge in [-0.2, -0.15) is 5.26 Å². The number of nitriles is 1. The minimum atomic E-state index is -0.357. The van der Waals surface area contributed by atoms with E-state index < -0.39 is 0 Å². The fourth-order valence-corrected chi connectivity index (χ4v) is 3.64. The third kappa shape index (κ3) is 3.01. The fraction of sp³-hybridized carbons (Fsp3) is 0.0500. The van der Waals surface area contributed by atoms with Crippen molar-refractivity contribution in [1.29, 1.82) is 5.26 Å². The Morgan fingerprint density at radius 2 is 1.88 bits per heavy atom. The molecule has 1 N–H and O–H groups in total. The maximum Gasteiger partial charge on any atom is 0.290 e. The van der Waals surface area contributed by atoms with Crippen molar-refractivity contribution in [2.45, 2.75) is 6.54 Å². The highest BCUT2D eigenvalue weighted by molar-refractivity contribution is 8.18. The Kier molecular flexibility index (Phi) is 4.07. The van der Waals surface area contributed by atoms with Crippen molar-refractivity contribution < 1.29 is 9.59 Å². The SMILES string of the molecule is N#Cc1ccc(Cn2cc(/C=C3\SC(=O)NC3=O)c3ccccc32)cc1. The van der Waals surface area contributed by atoms with Crippen LogP contribution >= 0.6 is 11.8 Å². The van der Waals surface area contributed by atoms with Crippen molar-refractivity contribution in [2.75, 3.05) is 0 Å². The lowest BCUT2D eigenvalue weighted by molar-refractivity contribution is -0.115. The van der Waals surface area contributed by atoms with Gasteiger partial charge < -0.3 is 4.57 Å². The summed E-state index contributed by atoms with van der Waals surface area (Å²) in [5.41, 5.74) is 3.64. The van der Waals surface area contributed by atoms with E-state index in [0.717, 1.165) is 33.8 Å². The Labute approximate surface area is 153 Å². The summed E-state index contributed by atoms with van der Waals surface area (Å²) in [5, 5.41) is 11.9. The van der Waals surface area contributed by atoms with Crippen LogP contribution in [0.1, 0.15) is 16.7 Å². The lowest BCUT2D eigenvalue weighted by Gasteiger charge is -2.05. The molecule has 0 saturated carbocycles. The number of amides is 2. The van der Waals surface area contributed by atoms with Crippen LogP contribution in [0, 0.1) is 11.3 Å². The lowest BCUT2D eigenvalue weighted by Crippen LogP contribution is -2.17. The molecule has 0 unspecified atom stereocenters. The molecule has 6 heteroatoms. The summed E-state index contributed by atoms with van der Waals surface area (Å²) in [5.74, 6) is -0.357. The zero-order chi connectivity index (χ0) is 18.1. The van der Waals surface area contributed by atoms with Crippen molar-refractivity contribution in [1.82, 2.24) is 9.88 Å². The maximum atomic E-state index is 11.8. The van der Waals surface area contributed by atoms with Crippen molar-refractivity contribution in [2.24, 2.45) is 0 Å². The van der Waals surface area contributed by atoms with Crippen molar-refractivity contribution >= 4 is 39.9 Å². The van der Waals surface area contributed by atoms with Gasteiger partial charge in [-0.3, -0.25) is 14.9 Å². The third-order valence-electron chi connectivity index (χ3n) is 4.18. The molecule has 4 rings (SSSR count). The number of nitrogens with one attached hydrogen (secondary N) is 1. The quantitative estimate of drug-likeness (QED) is 0.720. The van der Waals surface area contributed by atoms with Crippen LogP contribution < -0.4 is 5.32 Å². The van der Waals surface area contributed by atoms with Gasteiger partial charge in [-0.25, -0.2) is 0 Å². The molecule has 2 aromatic carbocycles. The molecule has 5 nitrogen and oxygen atoms in total. The smallest absolute Gasteiger partial charge is 0.290 e. The Bertz CT molecular complexity index is 1100.